The molecule has 1 aromatic heterocycles. The zero-order valence-corrected chi connectivity index (χ0v) is 14.9. The van der Waals surface area contributed by atoms with Gasteiger partial charge in [0.15, 0.2) is 0 Å². The molecule has 0 spiro atoms. The highest BCUT2D eigenvalue weighted by Crippen LogP contribution is 2.18. The Morgan fingerprint density at radius 3 is 3.16 bits per heavy atom. The van der Waals surface area contributed by atoms with Gasteiger partial charge in [0, 0.05) is 57.3 Å². The highest BCUT2D eigenvalue weighted by Gasteiger charge is 2.24. The molecule has 0 aliphatic carbocycles. The Morgan fingerprint density at radius 2 is 2.40 bits per heavy atom. The van der Waals surface area contributed by atoms with Crippen molar-refractivity contribution in [2.24, 2.45) is 13.0 Å². The maximum Gasteiger partial charge on any atom is 0.246 e. The third-order valence-corrected chi connectivity index (χ3v) is 4.47. The number of nitrogens with zero attached hydrogens (tertiary/aromatic N) is 4. The first-order valence-electron chi connectivity index (χ1n) is 8.73. The molecular weight excluding hydrogens is 318 g/mol. The average molecular weight is 345 g/mol. The van der Waals surface area contributed by atoms with Gasteiger partial charge in [0.25, 0.3) is 0 Å². The zero-order valence-electron chi connectivity index (χ0n) is 14.9. The molecule has 8 nitrogen and oxygen atoms in total. The first kappa shape index (κ1) is 17.5. The number of aryl methyl sites for hydroxylation is 1. The van der Waals surface area contributed by atoms with E-state index in [0.29, 0.717) is 5.92 Å². The van der Waals surface area contributed by atoms with Crippen LogP contribution in [0.25, 0.3) is 6.08 Å². The van der Waals surface area contributed by atoms with Crippen LogP contribution in [0.2, 0.25) is 0 Å². The average Bonchev–Trinajstić information content (AvgIpc) is 3.22. The third kappa shape index (κ3) is 4.83. The van der Waals surface area contributed by atoms with Gasteiger partial charge >= 0.3 is 0 Å². The molecule has 25 heavy (non-hydrogen) atoms. The van der Waals surface area contributed by atoms with E-state index in [1.165, 1.54) is 0 Å². The molecule has 136 valence electrons. The topological polar surface area (TPSA) is 77.5 Å². The van der Waals surface area contributed by atoms with Crippen molar-refractivity contribution < 1.29 is 4.79 Å². The van der Waals surface area contributed by atoms with Crippen molar-refractivity contribution in [2.45, 2.75) is 12.8 Å². The second-order valence-corrected chi connectivity index (χ2v) is 6.65. The molecular formula is C17H27N7O. The summed E-state index contributed by atoms with van der Waals surface area (Å²) < 4.78 is 1.73. The van der Waals surface area contributed by atoms with Gasteiger partial charge in [-0.1, -0.05) is 0 Å². The molecule has 8 heteroatoms. The van der Waals surface area contributed by atoms with E-state index in [-0.39, 0.29) is 5.91 Å². The largest absolute Gasteiger partial charge is 0.339 e. The third-order valence-electron chi connectivity index (χ3n) is 4.47. The number of nitrogens with one attached hydrogen (secondary N) is 3. The van der Waals surface area contributed by atoms with Crippen molar-refractivity contribution >= 4 is 12.0 Å². The van der Waals surface area contributed by atoms with Crippen LogP contribution in [0.15, 0.2) is 30.4 Å². The smallest absolute Gasteiger partial charge is 0.246 e. The van der Waals surface area contributed by atoms with Gasteiger partial charge < -0.3 is 15.6 Å². The maximum absolute atomic E-state index is 12.4. The summed E-state index contributed by atoms with van der Waals surface area (Å²) in [7, 11) is 3.79. The molecule has 1 saturated heterocycles. The molecule has 1 amide bonds. The number of likely N-dealkylation sites (N-methyl/N-ethyl adjacent to an activating group) is 1. The summed E-state index contributed by atoms with van der Waals surface area (Å²) >= 11 is 0. The second-order valence-electron chi connectivity index (χ2n) is 6.65. The van der Waals surface area contributed by atoms with Gasteiger partial charge in [-0.3, -0.25) is 14.5 Å². The number of likely N-dealkylation sites (tertiary alicyclic amines) is 1. The number of hydrogen-bond donors (Lipinski definition) is 3. The molecule has 0 radical (unpaired) electrons. The van der Waals surface area contributed by atoms with E-state index in [4.69, 9.17) is 0 Å². The van der Waals surface area contributed by atoms with E-state index in [0.717, 1.165) is 50.3 Å². The lowest BCUT2D eigenvalue weighted by molar-refractivity contribution is -0.127. The monoisotopic (exact) mass is 345 g/mol. The van der Waals surface area contributed by atoms with Crippen molar-refractivity contribution in [3.8, 4) is 0 Å². The van der Waals surface area contributed by atoms with Crippen LogP contribution in [0.4, 0.5) is 0 Å². The van der Waals surface area contributed by atoms with Crippen LogP contribution in [-0.4, -0.2) is 58.8 Å². The normalized spacial score (nSPS) is 20.9. The van der Waals surface area contributed by atoms with Crippen molar-refractivity contribution in [3.05, 3.63) is 35.9 Å². The highest BCUT2D eigenvalue weighted by atomic mass is 16.2. The molecule has 0 bridgehead atoms. The SMILES string of the molecule is CNCC1=CN(C[C@@H]2CCCN(C(=O)/C=C/c3cnn(C)c3)C2)NN1. The maximum atomic E-state index is 12.4. The van der Waals surface area contributed by atoms with Crippen LogP contribution < -0.4 is 16.3 Å². The number of amides is 1. The van der Waals surface area contributed by atoms with Gasteiger partial charge in [0.1, 0.15) is 0 Å². The van der Waals surface area contributed by atoms with Crippen LogP contribution in [0.3, 0.4) is 0 Å². The molecule has 1 aromatic rings. The molecule has 2 aliphatic rings. The fourth-order valence-electron chi connectivity index (χ4n) is 3.27. The van der Waals surface area contributed by atoms with Crippen LogP contribution >= 0.6 is 0 Å². The Hall–Kier alpha value is -2.32. The quantitative estimate of drug-likeness (QED) is 0.633. The number of hydrazine groups is 2. The molecule has 1 atom stereocenters. The summed E-state index contributed by atoms with van der Waals surface area (Å²) in [6.45, 7) is 3.32. The van der Waals surface area contributed by atoms with Crippen LogP contribution in [0, 0.1) is 5.92 Å². The zero-order chi connectivity index (χ0) is 17.6. The minimum atomic E-state index is 0.0764. The highest BCUT2D eigenvalue weighted by molar-refractivity contribution is 5.91. The lowest BCUT2D eigenvalue weighted by Crippen LogP contribution is -2.45. The number of rotatable bonds is 6. The molecule has 0 unspecified atom stereocenters. The minimum absolute atomic E-state index is 0.0764. The van der Waals surface area contributed by atoms with Gasteiger partial charge in [-0.25, -0.2) is 0 Å². The minimum Gasteiger partial charge on any atom is -0.339 e. The number of hydrogen-bond acceptors (Lipinski definition) is 6. The Morgan fingerprint density at radius 1 is 1.52 bits per heavy atom. The van der Waals surface area contributed by atoms with E-state index in [1.807, 2.05) is 31.3 Å². The summed E-state index contributed by atoms with van der Waals surface area (Å²) in [5.74, 6) is 0.538. The molecule has 3 rings (SSSR count). The fourth-order valence-corrected chi connectivity index (χ4v) is 3.27. The van der Waals surface area contributed by atoms with Crippen LogP contribution in [0.5, 0.6) is 0 Å². The van der Waals surface area contributed by atoms with Gasteiger partial charge in [0.05, 0.1) is 11.9 Å². The lowest BCUT2D eigenvalue weighted by atomic mass is 9.97. The van der Waals surface area contributed by atoms with Crippen LogP contribution in [-0.2, 0) is 11.8 Å². The number of carbonyl (C=O) groups is 1. The van der Waals surface area contributed by atoms with Crippen molar-refractivity contribution in [2.75, 3.05) is 33.2 Å². The van der Waals surface area contributed by atoms with E-state index in [2.05, 4.69) is 32.6 Å². The molecule has 0 aromatic carbocycles. The molecule has 1 fully saturated rings. The van der Waals surface area contributed by atoms with Gasteiger partial charge in [-0.15, -0.1) is 5.53 Å². The summed E-state index contributed by atoms with van der Waals surface area (Å²) in [5.41, 5.74) is 8.36. The van der Waals surface area contributed by atoms with Gasteiger partial charge in [-0.05, 0) is 31.9 Å². The van der Waals surface area contributed by atoms with E-state index < -0.39 is 0 Å². The van der Waals surface area contributed by atoms with Gasteiger partial charge in [0.2, 0.25) is 5.91 Å². The molecule has 3 N–H and O–H groups in total. The van der Waals surface area contributed by atoms with Gasteiger partial charge in [-0.2, -0.15) is 5.10 Å². The molecule has 0 saturated carbocycles. The molecule has 2 aliphatic heterocycles. The Bertz CT molecular complexity index is 651. The molecule has 3 heterocycles. The number of carbonyl (C=O) groups excluding carboxylic acids is 1. The standard InChI is InChI=1S/C17H27N7O/c1-18-9-16-13-24(21-20-16)12-15-4-3-7-23(11-15)17(25)6-5-14-8-19-22(2)10-14/h5-6,8,10,13,15,18,20-21H,3-4,7,9,11-12H2,1-2H3/b6-5+/t15-/m1/s1. The first-order valence-corrected chi connectivity index (χ1v) is 8.73. The Kier molecular flexibility index (Phi) is 5.72. The number of aromatic nitrogens is 2. The Labute approximate surface area is 148 Å². The summed E-state index contributed by atoms with van der Waals surface area (Å²) in [4.78, 5) is 14.4. The van der Waals surface area contributed by atoms with Crippen molar-refractivity contribution in [3.63, 3.8) is 0 Å². The summed E-state index contributed by atoms with van der Waals surface area (Å²) in [6.07, 6.45) is 11.4. The Balaban J connectivity index is 1.50. The van der Waals surface area contributed by atoms with E-state index >= 15 is 0 Å². The fraction of sp³-hybridized carbons (Fsp3) is 0.529. The number of piperidine rings is 1. The van der Waals surface area contributed by atoms with E-state index in [1.54, 1.807) is 17.0 Å². The first-order chi connectivity index (χ1) is 12.1. The predicted molar refractivity (Wildman–Crippen MR) is 96.5 cm³/mol. The predicted octanol–water partition coefficient (Wildman–Crippen LogP) is 0.0575. The second kappa shape index (κ2) is 8.17. The summed E-state index contributed by atoms with van der Waals surface area (Å²) in [5, 5.41) is 9.30. The van der Waals surface area contributed by atoms with Crippen molar-refractivity contribution in [1.82, 2.24) is 36.0 Å². The summed E-state index contributed by atoms with van der Waals surface area (Å²) in [6, 6.07) is 0. The van der Waals surface area contributed by atoms with E-state index in [9.17, 15) is 4.79 Å². The van der Waals surface area contributed by atoms with Crippen LogP contribution in [0.1, 0.15) is 18.4 Å². The lowest BCUT2D eigenvalue weighted by Gasteiger charge is -2.34. The van der Waals surface area contributed by atoms with Crippen molar-refractivity contribution in [1.29, 1.82) is 0 Å².